The molecule has 1 aliphatic rings. The van der Waals surface area contributed by atoms with Gasteiger partial charge < -0.3 is 4.74 Å². The molecule has 0 saturated carbocycles. The van der Waals surface area contributed by atoms with Crippen molar-refractivity contribution in [3.63, 3.8) is 0 Å². The smallest absolute Gasteiger partial charge is 0.213 e. The SMILES string of the molecule is COc1ccc2ccccc2c1CN1CCCC(S(N)(=O)=O)C1. The van der Waals surface area contributed by atoms with Crippen LogP contribution in [0.5, 0.6) is 5.75 Å². The highest BCUT2D eigenvalue weighted by atomic mass is 32.2. The van der Waals surface area contributed by atoms with Gasteiger partial charge in [0.25, 0.3) is 0 Å². The Hall–Kier alpha value is -1.63. The Labute approximate surface area is 137 Å². The van der Waals surface area contributed by atoms with Gasteiger partial charge in [-0.15, -0.1) is 0 Å². The van der Waals surface area contributed by atoms with Gasteiger partial charge in [0.1, 0.15) is 5.75 Å². The second-order valence-electron chi connectivity index (χ2n) is 6.06. The summed E-state index contributed by atoms with van der Waals surface area (Å²) in [7, 11) is -1.82. The van der Waals surface area contributed by atoms with E-state index >= 15 is 0 Å². The van der Waals surface area contributed by atoms with Gasteiger partial charge in [-0.1, -0.05) is 30.3 Å². The number of hydrogen-bond donors (Lipinski definition) is 1. The van der Waals surface area contributed by atoms with Gasteiger partial charge in [0.05, 0.1) is 12.4 Å². The molecular formula is C17H22N2O3S. The van der Waals surface area contributed by atoms with Gasteiger partial charge in [0.15, 0.2) is 0 Å². The van der Waals surface area contributed by atoms with E-state index in [9.17, 15) is 8.42 Å². The summed E-state index contributed by atoms with van der Waals surface area (Å²) >= 11 is 0. The lowest BCUT2D eigenvalue weighted by Gasteiger charge is -2.32. The normalized spacial score (nSPS) is 19.8. The molecular weight excluding hydrogens is 312 g/mol. The van der Waals surface area contributed by atoms with E-state index in [4.69, 9.17) is 9.88 Å². The number of primary sulfonamides is 1. The molecule has 0 radical (unpaired) electrons. The number of rotatable bonds is 4. The highest BCUT2D eigenvalue weighted by molar-refractivity contribution is 7.89. The Morgan fingerprint density at radius 3 is 2.78 bits per heavy atom. The summed E-state index contributed by atoms with van der Waals surface area (Å²) in [5, 5.41) is 7.16. The van der Waals surface area contributed by atoms with E-state index in [-0.39, 0.29) is 0 Å². The standard InChI is InChI=1S/C17H22N2O3S/c1-22-17-9-8-13-5-2-3-7-15(13)16(17)12-19-10-4-6-14(11-19)23(18,20)21/h2-3,5,7-9,14H,4,6,10-12H2,1H3,(H2,18,20,21). The lowest BCUT2D eigenvalue weighted by atomic mass is 10.0. The maximum atomic E-state index is 11.6. The fourth-order valence-corrected chi connectivity index (χ4v) is 4.23. The summed E-state index contributed by atoms with van der Waals surface area (Å²) in [5.74, 6) is 0.835. The van der Waals surface area contributed by atoms with Crippen LogP contribution in [0.3, 0.4) is 0 Å². The predicted octanol–water partition coefficient (Wildman–Crippen LogP) is 2.10. The zero-order valence-corrected chi connectivity index (χ0v) is 14.1. The number of benzene rings is 2. The largest absolute Gasteiger partial charge is 0.496 e. The lowest BCUT2D eigenvalue weighted by molar-refractivity contribution is 0.220. The van der Waals surface area contributed by atoms with Crippen molar-refractivity contribution in [1.29, 1.82) is 0 Å². The quantitative estimate of drug-likeness (QED) is 0.929. The third kappa shape index (κ3) is 3.49. The Balaban J connectivity index is 1.91. The summed E-state index contributed by atoms with van der Waals surface area (Å²) in [6.45, 7) is 2.01. The first-order chi connectivity index (χ1) is 11.0. The third-order valence-corrected chi connectivity index (χ3v) is 5.84. The van der Waals surface area contributed by atoms with Crippen molar-refractivity contribution < 1.29 is 13.2 Å². The Kier molecular flexibility index (Phi) is 4.57. The van der Waals surface area contributed by atoms with E-state index in [2.05, 4.69) is 17.0 Å². The van der Waals surface area contributed by atoms with Crippen LogP contribution < -0.4 is 9.88 Å². The molecule has 6 heteroatoms. The minimum Gasteiger partial charge on any atom is -0.496 e. The van der Waals surface area contributed by atoms with Gasteiger partial charge in [-0.05, 0) is 36.2 Å². The van der Waals surface area contributed by atoms with E-state index in [1.165, 1.54) is 0 Å². The number of nitrogens with zero attached hydrogens (tertiary/aromatic N) is 1. The van der Waals surface area contributed by atoms with Gasteiger partial charge in [-0.2, -0.15) is 0 Å². The molecule has 0 aromatic heterocycles. The zero-order valence-electron chi connectivity index (χ0n) is 13.2. The van der Waals surface area contributed by atoms with Crippen molar-refractivity contribution in [3.05, 3.63) is 42.0 Å². The second kappa shape index (κ2) is 6.47. The summed E-state index contributed by atoms with van der Waals surface area (Å²) in [5.41, 5.74) is 1.10. The molecule has 0 amide bonds. The number of likely N-dealkylation sites (tertiary alicyclic amines) is 1. The van der Waals surface area contributed by atoms with Crippen molar-refractivity contribution in [2.75, 3.05) is 20.2 Å². The predicted molar refractivity (Wildman–Crippen MR) is 91.9 cm³/mol. The third-order valence-electron chi connectivity index (χ3n) is 4.53. The van der Waals surface area contributed by atoms with Crippen LogP contribution in [0, 0.1) is 0 Å². The molecule has 2 aromatic carbocycles. The van der Waals surface area contributed by atoms with Crippen LogP contribution >= 0.6 is 0 Å². The van der Waals surface area contributed by atoms with Crippen molar-refractivity contribution in [2.45, 2.75) is 24.6 Å². The number of piperidine rings is 1. The molecule has 2 aromatic rings. The maximum absolute atomic E-state index is 11.6. The minimum absolute atomic E-state index is 0.475. The molecule has 2 N–H and O–H groups in total. The van der Waals surface area contributed by atoms with Gasteiger partial charge in [0, 0.05) is 18.7 Å². The molecule has 0 aliphatic carbocycles. The average Bonchev–Trinajstić information content (AvgIpc) is 2.55. The molecule has 1 unspecified atom stereocenters. The van der Waals surface area contributed by atoms with Crippen molar-refractivity contribution in [2.24, 2.45) is 5.14 Å². The number of hydrogen-bond acceptors (Lipinski definition) is 4. The number of nitrogens with two attached hydrogens (primary N) is 1. The summed E-state index contributed by atoms with van der Waals surface area (Å²) in [6, 6.07) is 12.2. The molecule has 124 valence electrons. The van der Waals surface area contributed by atoms with Gasteiger partial charge in [-0.25, -0.2) is 13.6 Å². The van der Waals surface area contributed by atoms with Gasteiger partial charge >= 0.3 is 0 Å². The number of fused-ring (bicyclic) bond motifs is 1. The molecule has 0 bridgehead atoms. The molecule has 3 rings (SSSR count). The molecule has 1 saturated heterocycles. The Morgan fingerprint density at radius 2 is 2.04 bits per heavy atom. The molecule has 1 aliphatic heterocycles. The highest BCUT2D eigenvalue weighted by Gasteiger charge is 2.28. The number of methoxy groups -OCH3 is 1. The van der Waals surface area contributed by atoms with E-state index in [0.717, 1.165) is 35.1 Å². The molecule has 1 heterocycles. The highest BCUT2D eigenvalue weighted by Crippen LogP contribution is 2.30. The van der Waals surface area contributed by atoms with E-state index in [1.54, 1.807) is 7.11 Å². The van der Waals surface area contributed by atoms with Crippen LogP contribution in [0.1, 0.15) is 18.4 Å². The van der Waals surface area contributed by atoms with Crippen LogP contribution in [-0.4, -0.2) is 38.8 Å². The van der Waals surface area contributed by atoms with Crippen LogP contribution in [0.25, 0.3) is 10.8 Å². The van der Waals surface area contributed by atoms with Crippen LogP contribution in [0.2, 0.25) is 0 Å². The first kappa shape index (κ1) is 16.2. The fourth-order valence-electron chi connectivity index (χ4n) is 3.32. The van der Waals surface area contributed by atoms with Crippen molar-refractivity contribution in [3.8, 4) is 5.75 Å². The lowest BCUT2D eigenvalue weighted by Crippen LogP contribution is -2.44. The van der Waals surface area contributed by atoms with Crippen molar-refractivity contribution >= 4 is 20.8 Å². The average molecular weight is 334 g/mol. The zero-order chi connectivity index (χ0) is 16.4. The molecule has 1 fully saturated rings. The Morgan fingerprint density at radius 1 is 1.26 bits per heavy atom. The minimum atomic E-state index is -3.48. The number of ether oxygens (including phenoxy) is 1. The first-order valence-corrected chi connectivity index (χ1v) is 9.38. The van der Waals surface area contributed by atoms with E-state index in [1.807, 2.05) is 24.3 Å². The molecule has 23 heavy (non-hydrogen) atoms. The maximum Gasteiger partial charge on any atom is 0.213 e. The Bertz CT molecular complexity index is 805. The van der Waals surface area contributed by atoms with E-state index < -0.39 is 15.3 Å². The second-order valence-corrected chi connectivity index (χ2v) is 7.90. The topological polar surface area (TPSA) is 72.6 Å². The summed E-state index contributed by atoms with van der Waals surface area (Å²) in [4.78, 5) is 2.16. The van der Waals surface area contributed by atoms with E-state index in [0.29, 0.717) is 19.5 Å². The van der Waals surface area contributed by atoms with Gasteiger partial charge in [-0.3, -0.25) is 4.90 Å². The first-order valence-electron chi connectivity index (χ1n) is 7.77. The summed E-state index contributed by atoms with van der Waals surface area (Å²) in [6.07, 6.45) is 1.48. The number of sulfonamides is 1. The molecule has 1 atom stereocenters. The molecule has 0 spiro atoms. The van der Waals surface area contributed by atoms with Gasteiger partial charge in [0.2, 0.25) is 10.0 Å². The van der Waals surface area contributed by atoms with Crippen LogP contribution in [-0.2, 0) is 16.6 Å². The monoisotopic (exact) mass is 334 g/mol. The fraction of sp³-hybridized carbons (Fsp3) is 0.412. The van der Waals surface area contributed by atoms with Crippen LogP contribution in [0.15, 0.2) is 36.4 Å². The van der Waals surface area contributed by atoms with Crippen LogP contribution in [0.4, 0.5) is 0 Å². The van der Waals surface area contributed by atoms with Crippen molar-refractivity contribution in [1.82, 2.24) is 4.90 Å². The molecule has 5 nitrogen and oxygen atoms in total. The summed E-state index contributed by atoms with van der Waals surface area (Å²) < 4.78 is 28.8.